The lowest BCUT2D eigenvalue weighted by atomic mass is 10.2. The average molecular weight is 229 g/mol. The fourth-order valence-corrected chi connectivity index (χ4v) is 2.16. The fraction of sp³-hybridized carbons (Fsp3) is 0.909. The van der Waals surface area contributed by atoms with Crippen LogP contribution in [-0.2, 0) is 19.0 Å². The molecule has 16 heavy (non-hydrogen) atoms. The van der Waals surface area contributed by atoms with Crippen LogP contribution in [0.15, 0.2) is 0 Å². The molecular formula is C11H19NO4. The third-order valence-electron chi connectivity index (χ3n) is 3.06. The Labute approximate surface area is 95.4 Å². The smallest absolute Gasteiger partial charge is 0.322 e. The molecule has 3 atom stereocenters. The van der Waals surface area contributed by atoms with E-state index in [0.29, 0.717) is 13.0 Å². The van der Waals surface area contributed by atoms with Crippen LogP contribution in [0.2, 0.25) is 0 Å². The van der Waals surface area contributed by atoms with E-state index >= 15 is 0 Å². The molecule has 0 saturated carbocycles. The van der Waals surface area contributed by atoms with Gasteiger partial charge in [-0.15, -0.1) is 0 Å². The lowest BCUT2D eigenvalue weighted by Gasteiger charge is -2.25. The minimum Gasteiger partial charge on any atom is -0.468 e. The van der Waals surface area contributed by atoms with Crippen LogP contribution in [-0.4, -0.2) is 44.7 Å². The first-order valence-corrected chi connectivity index (χ1v) is 5.88. The van der Waals surface area contributed by atoms with E-state index in [1.807, 2.05) is 0 Å². The van der Waals surface area contributed by atoms with Gasteiger partial charge in [0.05, 0.1) is 13.2 Å². The van der Waals surface area contributed by atoms with E-state index in [1.54, 1.807) is 0 Å². The molecule has 0 aromatic carbocycles. The lowest BCUT2D eigenvalue weighted by molar-refractivity contribution is -0.184. The first-order chi connectivity index (χ1) is 7.79. The predicted molar refractivity (Wildman–Crippen MR) is 56.9 cm³/mol. The first-order valence-electron chi connectivity index (χ1n) is 5.88. The molecule has 2 aliphatic heterocycles. The zero-order chi connectivity index (χ0) is 11.4. The van der Waals surface area contributed by atoms with Gasteiger partial charge in [0.2, 0.25) is 0 Å². The number of hydrogen-bond acceptors (Lipinski definition) is 5. The van der Waals surface area contributed by atoms with E-state index in [-0.39, 0.29) is 24.4 Å². The number of esters is 1. The summed E-state index contributed by atoms with van der Waals surface area (Å²) in [5.41, 5.74) is 0. The monoisotopic (exact) mass is 229 g/mol. The van der Waals surface area contributed by atoms with Crippen molar-refractivity contribution in [3.8, 4) is 0 Å². The van der Waals surface area contributed by atoms with Crippen LogP contribution < -0.4 is 5.32 Å². The maximum absolute atomic E-state index is 11.3. The first kappa shape index (κ1) is 11.8. The third kappa shape index (κ3) is 2.93. The number of carbonyl (C=O) groups excluding carboxylic acids is 1. The summed E-state index contributed by atoms with van der Waals surface area (Å²) in [5.74, 6) is -0.212. The second kappa shape index (κ2) is 5.61. The zero-order valence-electron chi connectivity index (χ0n) is 9.61. The molecule has 2 saturated heterocycles. The highest BCUT2D eigenvalue weighted by Gasteiger charge is 2.32. The van der Waals surface area contributed by atoms with Crippen molar-refractivity contribution in [1.29, 1.82) is 0 Å². The van der Waals surface area contributed by atoms with Gasteiger partial charge in [0, 0.05) is 19.6 Å². The van der Waals surface area contributed by atoms with Crippen LogP contribution in [0.4, 0.5) is 0 Å². The molecule has 2 rings (SSSR count). The maximum Gasteiger partial charge on any atom is 0.322 e. The summed E-state index contributed by atoms with van der Waals surface area (Å²) in [6.45, 7) is 1.48. The Balaban J connectivity index is 1.73. The Morgan fingerprint density at radius 2 is 2.31 bits per heavy atom. The van der Waals surface area contributed by atoms with Crippen molar-refractivity contribution in [3.05, 3.63) is 0 Å². The van der Waals surface area contributed by atoms with Crippen molar-refractivity contribution in [2.24, 2.45) is 0 Å². The van der Waals surface area contributed by atoms with Gasteiger partial charge in [0.1, 0.15) is 6.04 Å². The largest absolute Gasteiger partial charge is 0.468 e. The molecule has 2 fully saturated rings. The normalized spacial score (nSPS) is 34.9. The second-order valence-electron chi connectivity index (χ2n) is 4.27. The quantitative estimate of drug-likeness (QED) is 0.711. The molecule has 2 aliphatic rings. The van der Waals surface area contributed by atoms with Crippen molar-refractivity contribution < 1.29 is 19.0 Å². The van der Waals surface area contributed by atoms with Crippen LogP contribution in [0.3, 0.4) is 0 Å². The molecular weight excluding hydrogens is 210 g/mol. The lowest BCUT2D eigenvalue weighted by Crippen LogP contribution is -2.31. The average Bonchev–Trinajstić information content (AvgIpc) is 2.78. The standard InChI is InChI=1S/C11H19NO4/c1-14-11(13)9-6-8(7-12-9)16-10-4-2-3-5-15-10/h8-10,12H,2-7H2,1H3/t8-,9+,10?/m1/s1. The van der Waals surface area contributed by atoms with Gasteiger partial charge < -0.3 is 19.5 Å². The predicted octanol–water partition coefficient (Wildman–Crippen LogP) is 0.433. The molecule has 0 bridgehead atoms. The number of nitrogens with one attached hydrogen (secondary N) is 1. The Bertz CT molecular complexity index is 240. The molecule has 1 N–H and O–H groups in total. The summed E-state index contributed by atoms with van der Waals surface area (Å²) in [5, 5.41) is 3.09. The summed E-state index contributed by atoms with van der Waals surface area (Å²) in [6.07, 6.45) is 3.88. The van der Waals surface area contributed by atoms with Gasteiger partial charge in [-0.25, -0.2) is 0 Å². The number of ether oxygens (including phenoxy) is 3. The van der Waals surface area contributed by atoms with Crippen LogP contribution >= 0.6 is 0 Å². The van der Waals surface area contributed by atoms with E-state index in [1.165, 1.54) is 7.11 Å². The van der Waals surface area contributed by atoms with Gasteiger partial charge in [0.25, 0.3) is 0 Å². The van der Waals surface area contributed by atoms with Crippen molar-refractivity contribution >= 4 is 5.97 Å². The maximum atomic E-state index is 11.3. The van der Waals surface area contributed by atoms with Crippen LogP contribution in [0.5, 0.6) is 0 Å². The number of carbonyl (C=O) groups is 1. The van der Waals surface area contributed by atoms with Gasteiger partial charge in [0.15, 0.2) is 6.29 Å². The van der Waals surface area contributed by atoms with Crippen molar-refractivity contribution in [1.82, 2.24) is 5.32 Å². The van der Waals surface area contributed by atoms with Crippen LogP contribution in [0.25, 0.3) is 0 Å². The summed E-state index contributed by atoms with van der Waals surface area (Å²) in [7, 11) is 1.41. The molecule has 0 aliphatic carbocycles. The number of rotatable bonds is 3. The second-order valence-corrected chi connectivity index (χ2v) is 4.27. The Morgan fingerprint density at radius 3 is 3.00 bits per heavy atom. The van der Waals surface area contributed by atoms with Crippen molar-refractivity contribution in [2.75, 3.05) is 20.3 Å². The zero-order valence-corrected chi connectivity index (χ0v) is 9.61. The third-order valence-corrected chi connectivity index (χ3v) is 3.06. The van der Waals surface area contributed by atoms with E-state index in [2.05, 4.69) is 10.1 Å². The number of hydrogen-bond donors (Lipinski definition) is 1. The molecule has 0 aromatic rings. The molecule has 1 unspecified atom stereocenters. The molecule has 2 heterocycles. The van der Waals surface area contributed by atoms with Gasteiger partial charge in [-0.2, -0.15) is 0 Å². The van der Waals surface area contributed by atoms with E-state index in [9.17, 15) is 4.79 Å². The fourth-order valence-electron chi connectivity index (χ4n) is 2.16. The topological polar surface area (TPSA) is 56.8 Å². The summed E-state index contributed by atoms with van der Waals surface area (Å²) in [4.78, 5) is 11.3. The van der Waals surface area contributed by atoms with Gasteiger partial charge in [-0.3, -0.25) is 4.79 Å². The molecule has 5 heteroatoms. The Morgan fingerprint density at radius 1 is 1.44 bits per heavy atom. The summed E-state index contributed by atoms with van der Waals surface area (Å²) in [6, 6.07) is -0.224. The van der Waals surface area contributed by atoms with Gasteiger partial charge >= 0.3 is 5.97 Å². The summed E-state index contributed by atoms with van der Waals surface area (Å²) < 4.78 is 16.0. The molecule has 0 spiro atoms. The highest BCUT2D eigenvalue weighted by Crippen LogP contribution is 2.19. The van der Waals surface area contributed by atoms with Crippen molar-refractivity contribution in [2.45, 2.75) is 44.1 Å². The van der Waals surface area contributed by atoms with Crippen LogP contribution in [0, 0.1) is 0 Å². The Hall–Kier alpha value is -0.650. The van der Waals surface area contributed by atoms with E-state index in [4.69, 9.17) is 9.47 Å². The van der Waals surface area contributed by atoms with E-state index in [0.717, 1.165) is 25.9 Å². The number of methoxy groups -OCH3 is 1. The van der Waals surface area contributed by atoms with Crippen molar-refractivity contribution in [3.63, 3.8) is 0 Å². The highest BCUT2D eigenvalue weighted by atomic mass is 16.7. The van der Waals surface area contributed by atoms with E-state index < -0.39 is 0 Å². The van der Waals surface area contributed by atoms with Crippen LogP contribution in [0.1, 0.15) is 25.7 Å². The highest BCUT2D eigenvalue weighted by molar-refractivity contribution is 5.76. The van der Waals surface area contributed by atoms with Gasteiger partial charge in [-0.1, -0.05) is 0 Å². The molecule has 0 aromatic heterocycles. The molecule has 5 nitrogen and oxygen atoms in total. The minimum atomic E-state index is -0.224. The summed E-state index contributed by atoms with van der Waals surface area (Å²) >= 11 is 0. The Kier molecular flexibility index (Phi) is 4.15. The van der Waals surface area contributed by atoms with Gasteiger partial charge in [-0.05, 0) is 19.3 Å². The minimum absolute atomic E-state index is 0.0622. The molecule has 0 amide bonds. The SMILES string of the molecule is COC(=O)[C@@H]1C[C@@H](OC2CCCCO2)CN1. The molecule has 0 radical (unpaired) electrons. The molecule has 92 valence electrons.